The minimum Gasteiger partial charge on any atom is -0.382 e. The van der Waals surface area contributed by atoms with E-state index in [1.807, 2.05) is 30.3 Å². The Labute approximate surface area is 135 Å². The van der Waals surface area contributed by atoms with Gasteiger partial charge in [-0.1, -0.05) is 23.5 Å². The molecule has 3 aromatic rings. The maximum absolute atomic E-state index is 8.83. The molecule has 0 saturated heterocycles. The summed E-state index contributed by atoms with van der Waals surface area (Å²) in [5, 5.41) is 20.7. The number of aromatic nitrogens is 2. The molecule has 0 aliphatic carbocycles. The summed E-state index contributed by atoms with van der Waals surface area (Å²) in [5.74, 6) is -0.381. The molecule has 0 bridgehead atoms. The number of amidine groups is 1. The number of fused-ring (bicyclic) bond motifs is 1. The number of nitrogens with zero attached hydrogens (tertiary/aromatic N) is 4. The molecule has 23 heavy (non-hydrogen) atoms. The molecule has 3 rings (SSSR count). The Morgan fingerprint density at radius 2 is 2.22 bits per heavy atom. The number of benzene rings is 1. The van der Waals surface area contributed by atoms with Crippen LogP contribution in [0.2, 0.25) is 0 Å². The minimum atomic E-state index is -0.381. The van der Waals surface area contributed by atoms with Crippen LogP contribution in [0.3, 0.4) is 0 Å². The summed E-state index contributed by atoms with van der Waals surface area (Å²) in [6.07, 6.45) is 1.74. The van der Waals surface area contributed by atoms with Crippen LogP contribution in [-0.2, 0) is 0 Å². The van der Waals surface area contributed by atoms with Crippen molar-refractivity contribution in [2.24, 2.45) is 10.8 Å². The van der Waals surface area contributed by atoms with Gasteiger partial charge in [0.15, 0.2) is 5.84 Å². The van der Waals surface area contributed by atoms with Gasteiger partial charge in [-0.3, -0.25) is 10.8 Å². The monoisotopic (exact) mass is 321 g/mol. The van der Waals surface area contributed by atoms with Crippen molar-refractivity contribution in [2.75, 3.05) is 5.43 Å². The van der Waals surface area contributed by atoms with E-state index in [1.165, 1.54) is 11.3 Å². The van der Waals surface area contributed by atoms with Gasteiger partial charge in [0, 0.05) is 11.8 Å². The van der Waals surface area contributed by atoms with Crippen molar-refractivity contribution in [3.05, 3.63) is 42.6 Å². The van der Waals surface area contributed by atoms with Crippen molar-refractivity contribution in [3.8, 4) is 16.6 Å². The molecule has 112 valence electrons. The number of hydrazone groups is 1. The third-order valence-electron chi connectivity index (χ3n) is 2.93. The number of hydrogen-bond donors (Lipinski definition) is 3. The second-order valence-electron chi connectivity index (χ2n) is 4.53. The molecule has 7 nitrogen and oxygen atoms in total. The topological polar surface area (TPSA) is 124 Å². The zero-order valence-electron chi connectivity index (χ0n) is 11.8. The first-order chi connectivity index (χ1) is 11.2. The quantitative estimate of drug-likeness (QED) is 0.387. The van der Waals surface area contributed by atoms with Gasteiger partial charge in [0.25, 0.3) is 0 Å². The van der Waals surface area contributed by atoms with Crippen molar-refractivity contribution in [1.29, 1.82) is 10.7 Å². The van der Waals surface area contributed by atoms with E-state index in [-0.39, 0.29) is 11.5 Å². The van der Waals surface area contributed by atoms with E-state index in [1.54, 1.807) is 18.3 Å². The number of pyridine rings is 1. The first kappa shape index (κ1) is 14.6. The zero-order chi connectivity index (χ0) is 16.2. The Kier molecular flexibility index (Phi) is 3.95. The van der Waals surface area contributed by atoms with Gasteiger partial charge < -0.3 is 5.73 Å². The van der Waals surface area contributed by atoms with E-state index in [0.29, 0.717) is 5.69 Å². The summed E-state index contributed by atoms with van der Waals surface area (Å²) >= 11 is 1.50. The zero-order valence-corrected chi connectivity index (χ0v) is 12.6. The normalized spacial score (nSPS) is 11.2. The molecule has 2 heterocycles. The first-order valence-corrected chi connectivity index (χ1v) is 7.39. The lowest BCUT2D eigenvalue weighted by Gasteiger charge is -2.03. The lowest BCUT2D eigenvalue weighted by atomic mass is 10.2. The van der Waals surface area contributed by atoms with E-state index in [9.17, 15) is 0 Å². The highest BCUT2D eigenvalue weighted by atomic mass is 32.1. The van der Waals surface area contributed by atoms with Gasteiger partial charge in [-0.25, -0.2) is 9.97 Å². The van der Waals surface area contributed by atoms with Gasteiger partial charge in [-0.15, -0.1) is 0 Å². The maximum atomic E-state index is 8.83. The van der Waals surface area contributed by atoms with Crippen molar-refractivity contribution in [2.45, 2.75) is 0 Å². The van der Waals surface area contributed by atoms with Crippen LogP contribution >= 0.6 is 11.3 Å². The molecule has 1 aromatic carbocycles. The van der Waals surface area contributed by atoms with Crippen LogP contribution in [0.25, 0.3) is 20.9 Å². The third-order valence-corrected chi connectivity index (χ3v) is 3.96. The number of nitriles is 1. The Morgan fingerprint density at radius 3 is 2.96 bits per heavy atom. The molecule has 0 saturated carbocycles. The Hall–Kier alpha value is -3.31. The summed E-state index contributed by atoms with van der Waals surface area (Å²) in [7, 11) is 0. The van der Waals surface area contributed by atoms with E-state index < -0.39 is 0 Å². The molecule has 0 amide bonds. The van der Waals surface area contributed by atoms with E-state index >= 15 is 0 Å². The highest BCUT2D eigenvalue weighted by Gasteiger charge is 2.07. The molecular formula is C15H11N7S. The average Bonchev–Trinajstić information content (AvgIpc) is 2.99. The van der Waals surface area contributed by atoms with Crippen LogP contribution in [-0.4, -0.2) is 21.5 Å². The second-order valence-corrected chi connectivity index (χ2v) is 5.50. The van der Waals surface area contributed by atoms with Gasteiger partial charge in [-0.2, -0.15) is 10.4 Å². The predicted octanol–water partition coefficient (Wildman–Crippen LogP) is 2.59. The number of anilines is 1. The largest absolute Gasteiger partial charge is 0.382 e. The summed E-state index contributed by atoms with van der Waals surface area (Å²) < 4.78 is 0. The average molecular weight is 321 g/mol. The summed E-state index contributed by atoms with van der Waals surface area (Å²) in [6.45, 7) is 0. The fourth-order valence-electron chi connectivity index (χ4n) is 1.88. The van der Waals surface area contributed by atoms with Gasteiger partial charge in [0.1, 0.15) is 21.4 Å². The number of nitrogens with two attached hydrogens (primary N) is 1. The van der Waals surface area contributed by atoms with Crippen LogP contribution in [0.1, 0.15) is 0 Å². The molecule has 0 spiro atoms. The van der Waals surface area contributed by atoms with Crippen LogP contribution in [0.5, 0.6) is 0 Å². The van der Waals surface area contributed by atoms with Crippen LogP contribution in [0.4, 0.5) is 5.69 Å². The molecule has 0 aliphatic heterocycles. The molecule has 8 heteroatoms. The lowest BCUT2D eigenvalue weighted by Crippen LogP contribution is -2.21. The molecule has 0 aliphatic rings. The van der Waals surface area contributed by atoms with Crippen LogP contribution in [0.15, 0.2) is 47.7 Å². The molecule has 0 unspecified atom stereocenters. The van der Waals surface area contributed by atoms with Gasteiger partial charge in [-0.05, 0) is 24.3 Å². The number of rotatable bonds is 4. The van der Waals surface area contributed by atoms with Gasteiger partial charge >= 0.3 is 0 Å². The summed E-state index contributed by atoms with van der Waals surface area (Å²) in [6, 6.07) is 13.0. The fraction of sp³-hybridized carbons (Fsp3) is 0. The van der Waals surface area contributed by atoms with E-state index in [0.717, 1.165) is 20.9 Å². The second kappa shape index (κ2) is 6.21. The third kappa shape index (κ3) is 3.14. The number of hydrogen-bond acceptors (Lipinski definition) is 7. The SMILES string of the molecule is N#C/C(=N\Nc1cccc(-c2nc3cccnc3s2)c1)C(=N)N. The molecule has 4 N–H and O–H groups in total. The smallest absolute Gasteiger partial charge is 0.201 e. The minimum absolute atomic E-state index is 0.167. The summed E-state index contributed by atoms with van der Waals surface area (Å²) in [4.78, 5) is 9.71. The number of nitrogens with one attached hydrogen (secondary N) is 2. The van der Waals surface area contributed by atoms with Gasteiger partial charge in [0.05, 0.1) is 5.69 Å². The Morgan fingerprint density at radius 1 is 1.35 bits per heavy atom. The van der Waals surface area contributed by atoms with Crippen molar-refractivity contribution in [3.63, 3.8) is 0 Å². The van der Waals surface area contributed by atoms with Crippen LogP contribution in [0, 0.1) is 16.7 Å². The van der Waals surface area contributed by atoms with Crippen molar-refractivity contribution >= 4 is 38.9 Å². The molecule has 0 atom stereocenters. The van der Waals surface area contributed by atoms with E-state index in [2.05, 4.69) is 20.5 Å². The molecule has 2 aromatic heterocycles. The fourth-order valence-corrected chi connectivity index (χ4v) is 2.78. The molecule has 0 fully saturated rings. The summed E-state index contributed by atoms with van der Waals surface area (Å²) in [5.41, 5.74) is 10.2. The highest BCUT2D eigenvalue weighted by molar-refractivity contribution is 7.21. The van der Waals surface area contributed by atoms with Crippen LogP contribution < -0.4 is 11.2 Å². The number of thiazole rings is 1. The lowest BCUT2D eigenvalue weighted by molar-refractivity contribution is 1.33. The molecular weight excluding hydrogens is 310 g/mol. The van der Waals surface area contributed by atoms with Gasteiger partial charge in [0.2, 0.25) is 5.71 Å². The van der Waals surface area contributed by atoms with Crippen molar-refractivity contribution < 1.29 is 0 Å². The van der Waals surface area contributed by atoms with Crippen molar-refractivity contribution in [1.82, 2.24) is 9.97 Å². The first-order valence-electron chi connectivity index (χ1n) is 6.57. The Balaban J connectivity index is 1.91. The standard InChI is InChI=1S/C15H11N7S/c16-8-12(13(17)18)22-21-10-4-1-3-9(7-10)14-20-11-5-2-6-19-15(11)23-14/h1-7,21H,(H3,17,18)/b22-12+. The Bertz CT molecular complexity index is 919. The van der Waals surface area contributed by atoms with E-state index in [4.69, 9.17) is 16.4 Å². The molecule has 0 radical (unpaired) electrons. The maximum Gasteiger partial charge on any atom is 0.201 e. The highest BCUT2D eigenvalue weighted by Crippen LogP contribution is 2.30. The predicted molar refractivity (Wildman–Crippen MR) is 91.4 cm³/mol.